The van der Waals surface area contributed by atoms with E-state index in [4.69, 9.17) is 0 Å². The van der Waals surface area contributed by atoms with E-state index in [1.807, 2.05) is 6.07 Å². The first-order valence-electron chi connectivity index (χ1n) is 7.22. The molecule has 5 heteroatoms. The first-order valence-corrected chi connectivity index (χ1v) is 8.01. The standard InChI is InChI=1S/C16H19BrFN3/c1-3-6-14-20-13(10-15(21-14)19-9-4-2)11-7-5-8-12(17)16(11)18/h5,7-8,10H,3-4,6,9H2,1-2H3,(H,19,20,21). The predicted molar refractivity (Wildman–Crippen MR) is 87.9 cm³/mol. The third-order valence-corrected chi connectivity index (χ3v) is 3.64. The normalized spacial score (nSPS) is 10.7. The highest BCUT2D eigenvalue weighted by molar-refractivity contribution is 9.10. The first kappa shape index (κ1) is 15.9. The van der Waals surface area contributed by atoms with Crippen molar-refractivity contribution in [1.82, 2.24) is 9.97 Å². The summed E-state index contributed by atoms with van der Waals surface area (Å²) < 4.78 is 14.7. The topological polar surface area (TPSA) is 37.8 Å². The maximum absolute atomic E-state index is 14.3. The van der Waals surface area contributed by atoms with Gasteiger partial charge in [0.1, 0.15) is 17.5 Å². The Balaban J connectivity index is 2.45. The van der Waals surface area contributed by atoms with Gasteiger partial charge in [-0.3, -0.25) is 0 Å². The molecule has 0 amide bonds. The molecule has 0 saturated carbocycles. The molecule has 0 unspecified atom stereocenters. The highest BCUT2D eigenvalue weighted by Gasteiger charge is 2.12. The van der Waals surface area contributed by atoms with Crippen LogP contribution in [0.15, 0.2) is 28.7 Å². The van der Waals surface area contributed by atoms with Crippen molar-refractivity contribution >= 4 is 21.7 Å². The predicted octanol–water partition coefficient (Wildman–Crippen LogP) is 4.82. The van der Waals surface area contributed by atoms with Crippen LogP contribution in [0.25, 0.3) is 11.3 Å². The van der Waals surface area contributed by atoms with Crippen molar-refractivity contribution in [2.75, 3.05) is 11.9 Å². The average molecular weight is 352 g/mol. The molecule has 21 heavy (non-hydrogen) atoms. The van der Waals surface area contributed by atoms with E-state index in [1.165, 1.54) is 0 Å². The Morgan fingerprint density at radius 3 is 2.71 bits per heavy atom. The van der Waals surface area contributed by atoms with Gasteiger partial charge in [0.15, 0.2) is 0 Å². The van der Waals surface area contributed by atoms with Crippen molar-refractivity contribution in [3.05, 3.63) is 40.4 Å². The molecule has 2 aromatic rings. The van der Waals surface area contributed by atoms with E-state index in [9.17, 15) is 4.39 Å². The van der Waals surface area contributed by atoms with Crippen molar-refractivity contribution < 1.29 is 4.39 Å². The molecular formula is C16H19BrFN3. The van der Waals surface area contributed by atoms with Gasteiger partial charge in [-0.25, -0.2) is 14.4 Å². The number of benzene rings is 1. The van der Waals surface area contributed by atoms with E-state index >= 15 is 0 Å². The summed E-state index contributed by atoms with van der Waals surface area (Å²) in [6.45, 7) is 5.01. The molecule has 1 N–H and O–H groups in total. The van der Waals surface area contributed by atoms with Crippen LogP contribution in [0, 0.1) is 5.82 Å². The molecule has 0 fully saturated rings. The number of anilines is 1. The van der Waals surface area contributed by atoms with E-state index in [-0.39, 0.29) is 5.82 Å². The third-order valence-electron chi connectivity index (χ3n) is 3.03. The number of nitrogens with one attached hydrogen (secondary N) is 1. The Morgan fingerprint density at radius 1 is 1.19 bits per heavy atom. The highest BCUT2D eigenvalue weighted by Crippen LogP contribution is 2.28. The summed E-state index contributed by atoms with van der Waals surface area (Å²) in [6, 6.07) is 7.04. The van der Waals surface area contributed by atoms with E-state index in [0.29, 0.717) is 15.7 Å². The summed E-state index contributed by atoms with van der Waals surface area (Å²) in [5, 5.41) is 3.25. The minimum Gasteiger partial charge on any atom is -0.370 e. The van der Waals surface area contributed by atoms with Crippen LogP contribution in [0.1, 0.15) is 32.5 Å². The Labute approximate surface area is 133 Å². The molecule has 0 atom stereocenters. The van der Waals surface area contributed by atoms with Crippen LogP contribution in [0.4, 0.5) is 10.2 Å². The molecule has 3 nitrogen and oxygen atoms in total. The molecule has 0 radical (unpaired) electrons. The van der Waals surface area contributed by atoms with Crippen molar-refractivity contribution in [1.29, 1.82) is 0 Å². The molecule has 0 bridgehead atoms. The molecule has 0 saturated heterocycles. The quantitative estimate of drug-likeness (QED) is 0.810. The molecular weight excluding hydrogens is 333 g/mol. The minimum atomic E-state index is -0.292. The first-order chi connectivity index (χ1) is 10.2. The van der Waals surface area contributed by atoms with Crippen LogP contribution in [0.3, 0.4) is 0 Å². The Hall–Kier alpha value is -1.49. The molecule has 0 spiro atoms. The third kappa shape index (κ3) is 4.00. The van der Waals surface area contributed by atoms with Crippen LogP contribution in [-0.2, 0) is 6.42 Å². The number of hydrogen-bond acceptors (Lipinski definition) is 3. The van der Waals surface area contributed by atoms with Gasteiger partial charge < -0.3 is 5.32 Å². The molecule has 1 aromatic carbocycles. The van der Waals surface area contributed by atoms with Crippen molar-refractivity contribution in [3.63, 3.8) is 0 Å². The molecule has 112 valence electrons. The van der Waals surface area contributed by atoms with Gasteiger partial charge in [-0.2, -0.15) is 0 Å². The number of halogens is 2. The fourth-order valence-electron chi connectivity index (χ4n) is 2.02. The fourth-order valence-corrected chi connectivity index (χ4v) is 2.38. The fraction of sp³-hybridized carbons (Fsp3) is 0.375. The number of aromatic nitrogens is 2. The zero-order valence-corrected chi connectivity index (χ0v) is 13.9. The van der Waals surface area contributed by atoms with Crippen LogP contribution in [0.2, 0.25) is 0 Å². The zero-order chi connectivity index (χ0) is 15.2. The molecule has 0 aliphatic heterocycles. The summed E-state index contributed by atoms with van der Waals surface area (Å²) in [6.07, 6.45) is 2.75. The molecule has 0 aliphatic carbocycles. The van der Waals surface area contributed by atoms with Crippen LogP contribution in [-0.4, -0.2) is 16.5 Å². The monoisotopic (exact) mass is 351 g/mol. The average Bonchev–Trinajstić information content (AvgIpc) is 2.48. The Bertz CT molecular complexity index is 616. The van der Waals surface area contributed by atoms with Gasteiger partial charge in [-0.15, -0.1) is 0 Å². The summed E-state index contributed by atoms with van der Waals surface area (Å²) in [5.41, 5.74) is 1.11. The van der Waals surface area contributed by atoms with Gasteiger partial charge >= 0.3 is 0 Å². The van der Waals surface area contributed by atoms with E-state index in [2.05, 4.69) is 45.1 Å². The number of nitrogens with zero attached hydrogens (tertiary/aromatic N) is 2. The SMILES string of the molecule is CCCNc1cc(-c2cccc(Br)c2F)nc(CCC)n1. The van der Waals surface area contributed by atoms with Crippen molar-refractivity contribution in [3.8, 4) is 11.3 Å². The lowest BCUT2D eigenvalue weighted by Gasteiger charge is -2.10. The summed E-state index contributed by atoms with van der Waals surface area (Å²) in [7, 11) is 0. The summed E-state index contributed by atoms with van der Waals surface area (Å²) >= 11 is 3.22. The number of aryl methyl sites for hydroxylation is 1. The largest absolute Gasteiger partial charge is 0.370 e. The van der Waals surface area contributed by atoms with Crippen LogP contribution < -0.4 is 5.32 Å². The summed E-state index contributed by atoms with van der Waals surface area (Å²) in [4.78, 5) is 8.97. The second-order valence-electron chi connectivity index (χ2n) is 4.83. The van der Waals surface area contributed by atoms with Crippen molar-refractivity contribution in [2.45, 2.75) is 33.1 Å². The van der Waals surface area contributed by atoms with E-state index in [0.717, 1.165) is 37.4 Å². The van der Waals surface area contributed by atoms with Crippen molar-refractivity contribution in [2.24, 2.45) is 0 Å². The minimum absolute atomic E-state index is 0.292. The van der Waals surface area contributed by atoms with Gasteiger partial charge in [0.05, 0.1) is 10.2 Å². The highest BCUT2D eigenvalue weighted by atomic mass is 79.9. The molecule has 2 rings (SSSR count). The molecule has 0 aliphatic rings. The lowest BCUT2D eigenvalue weighted by molar-refractivity contribution is 0.624. The maximum Gasteiger partial charge on any atom is 0.146 e. The lowest BCUT2D eigenvalue weighted by Crippen LogP contribution is -2.06. The maximum atomic E-state index is 14.3. The Kier molecular flexibility index (Phi) is 5.67. The second-order valence-corrected chi connectivity index (χ2v) is 5.69. The van der Waals surface area contributed by atoms with Gasteiger partial charge in [0, 0.05) is 24.6 Å². The molecule has 1 heterocycles. The van der Waals surface area contributed by atoms with Gasteiger partial charge in [0.25, 0.3) is 0 Å². The van der Waals surface area contributed by atoms with Crippen LogP contribution in [0.5, 0.6) is 0 Å². The number of hydrogen-bond donors (Lipinski definition) is 1. The molecule has 1 aromatic heterocycles. The lowest BCUT2D eigenvalue weighted by atomic mass is 10.1. The summed E-state index contributed by atoms with van der Waals surface area (Å²) in [5.74, 6) is 1.21. The van der Waals surface area contributed by atoms with Gasteiger partial charge in [-0.05, 0) is 40.9 Å². The smallest absolute Gasteiger partial charge is 0.146 e. The van der Waals surface area contributed by atoms with Gasteiger partial charge in [0.2, 0.25) is 0 Å². The second kappa shape index (κ2) is 7.50. The number of rotatable bonds is 6. The van der Waals surface area contributed by atoms with Gasteiger partial charge in [-0.1, -0.05) is 19.9 Å². The van der Waals surface area contributed by atoms with Crippen LogP contribution >= 0.6 is 15.9 Å². The zero-order valence-electron chi connectivity index (χ0n) is 12.3. The van der Waals surface area contributed by atoms with E-state index < -0.39 is 0 Å². The van der Waals surface area contributed by atoms with E-state index in [1.54, 1.807) is 18.2 Å². The Morgan fingerprint density at radius 2 is 2.00 bits per heavy atom.